The molecule has 0 saturated heterocycles. The molecule has 6 heteroatoms. The molecule has 0 unspecified atom stereocenters. The Labute approximate surface area is 114 Å². The van der Waals surface area contributed by atoms with Crippen LogP contribution in [-0.4, -0.2) is 27.7 Å². The highest BCUT2D eigenvalue weighted by Gasteiger charge is 2.23. The molecular formula is C12H16BrN5. The van der Waals surface area contributed by atoms with Crippen molar-refractivity contribution in [2.24, 2.45) is 5.73 Å². The Kier molecular flexibility index (Phi) is 2.99. The molecule has 1 aliphatic carbocycles. The van der Waals surface area contributed by atoms with Gasteiger partial charge in [-0.1, -0.05) is 0 Å². The molecule has 0 atom stereocenters. The first kappa shape index (κ1) is 11.9. The van der Waals surface area contributed by atoms with Gasteiger partial charge in [0.2, 0.25) is 0 Å². The van der Waals surface area contributed by atoms with Crippen LogP contribution in [0, 0.1) is 0 Å². The maximum atomic E-state index is 5.65. The number of imidazole rings is 1. The molecular weight excluding hydrogens is 294 g/mol. The zero-order valence-electron chi connectivity index (χ0n) is 10.3. The molecule has 2 aromatic heterocycles. The molecule has 0 radical (unpaired) electrons. The van der Waals surface area contributed by atoms with Gasteiger partial charge in [0.1, 0.15) is 10.4 Å². The number of hydrogen-bond donors (Lipinski definition) is 1. The van der Waals surface area contributed by atoms with Gasteiger partial charge in [0.25, 0.3) is 0 Å². The summed E-state index contributed by atoms with van der Waals surface area (Å²) in [6.45, 7) is 0.414. The molecule has 1 aliphatic rings. The Hall–Kier alpha value is -1.14. The number of nitrogens with two attached hydrogens (primary N) is 1. The third-order valence-electron chi connectivity index (χ3n) is 3.65. The van der Waals surface area contributed by atoms with Crippen molar-refractivity contribution in [2.45, 2.75) is 31.8 Å². The molecule has 5 nitrogen and oxygen atoms in total. The summed E-state index contributed by atoms with van der Waals surface area (Å²) in [7, 11) is 2.10. The summed E-state index contributed by atoms with van der Waals surface area (Å²) in [5, 5.41) is 4.62. The van der Waals surface area contributed by atoms with Crippen LogP contribution in [0.4, 0.5) is 5.82 Å². The molecule has 2 aromatic rings. The van der Waals surface area contributed by atoms with Crippen molar-refractivity contribution in [1.82, 2.24) is 14.6 Å². The van der Waals surface area contributed by atoms with Crippen LogP contribution in [-0.2, 0) is 6.54 Å². The number of aromatic nitrogens is 3. The quantitative estimate of drug-likeness (QED) is 0.941. The van der Waals surface area contributed by atoms with Crippen molar-refractivity contribution < 1.29 is 0 Å². The average Bonchev–Trinajstić information content (AvgIpc) is 2.63. The van der Waals surface area contributed by atoms with E-state index in [1.54, 1.807) is 0 Å². The van der Waals surface area contributed by atoms with Crippen molar-refractivity contribution in [3.63, 3.8) is 0 Å². The van der Waals surface area contributed by atoms with Crippen molar-refractivity contribution >= 4 is 27.4 Å². The van der Waals surface area contributed by atoms with E-state index in [1.807, 2.05) is 16.6 Å². The molecule has 18 heavy (non-hydrogen) atoms. The second-order valence-corrected chi connectivity index (χ2v) is 5.46. The minimum atomic E-state index is 0.414. The minimum Gasteiger partial charge on any atom is -0.355 e. The highest BCUT2D eigenvalue weighted by Crippen LogP contribution is 2.27. The first-order chi connectivity index (χ1) is 8.70. The fourth-order valence-corrected chi connectivity index (χ4v) is 2.73. The lowest BCUT2D eigenvalue weighted by Crippen LogP contribution is -2.37. The fourth-order valence-electron chi connectivity index (χ4n) is 2.22. The average molecular weight is 310 g/mol. The number of nitrogens with zero attached hydrogens (tertiary/aromatic N) is 4. The van der Waals surface area contributed by atoms with Gasteiger partial charge in [-0.25, -0.2) is 9.50 Å². The summed E-state index contributed by atoms with van der Waals surface area (Å²) in [5.74, 6) is 0.980. The second-order valence-electron chi connectivity index (χ2n) is 4.71. The van der Waals surface area contributed by atoms with E-state index in [2.05, 4.69) is 38.0 Å². The minimum absolute atomic E-state index is 0.414. The Morgan fingerprint density at radius 3 is 2.89 bits per heavy atom. The van der Waals surface area contributed by atoms with Gasteiger partial charge in [-0.15, -0.1) is 5.10 Å². The highest BCUT2D eigenvalue weighted by atomic mass is 79.9. The van der Waals surface area contributed by atoms with Gasteiger partial charge in [0.15, 0.2) is 5.65 Å². The lowest BCUT2D eigenvalue weighted by molar-refractivity contribution is 0.398. The molecule has 2 N–H and O–H groups in total. The molecule has 0 aliphatic heterocycles. The van der Waals surface area contributed by atoms with E-state index < -0.39 is 0 Å². The smallest absolute Gasteiger partial charge is 0.155 e. The predicted molar refractivity (Wildman–Crippen MR) is 74.6 cm³/mol. The van der Waals surface area contributed by atoms with Gasteiger partial charge in [0.05, 0.1) is 5.69 Å². The molecule has 1 fully saturated rings. The second kappa shape index (κ2) is 4.51. The summed E-state index contributed by atoms with van der Waals surface area (Å²) in [4.78, 5) is 6.67. The van der Waals surface area contributed by atoms with E-state index in [0.29, 0.717) is 12.6 Å². The molecule has 0 spiro atoms. The molecule has 1 saturated carbocycles. The van der Waals surface area contributed by atoms with Crippen molar-refractivity contribution in [1.29, 1.82) is 0 Å². The Morgan fingerprint density at radius 1 is 1.50 bits per heavy atom. The van der Waals surface area contributed by atoms with Crippen LogP contribution in [0.3, 0.4) is 0 Å². The van der Waals surface area contributed by atoms with E-state index in [1.165, 1.54) is 19.3 Å². The maximum Gasteiger partial charge on any atom is 0.155 e. The molecule has 96 valence electrons. The third kappa shape index (κ3) is 1.80. The van der Waals surface area contributed by atoms with Gasteiger partial charge in [-0.05, 0) is 47.3 Å². The standard InChI is InChI=1S/C12H16BrN5/c1-17(8-3-2-4-8)11-6-5-10-15-9(7-14)12(13)18(10)16-11/h5-6,8H,2-4,7,14H2,1H3. The van der Waals surface area contributed by atoms with Crippen LogP contribution in [0.1, 0.15) is 25.0 Å². The van der Waals surface area contributed by atoms with Gasteiger partial charge in [-0.3, -0.25) is 0 Å². The Morgan fingerprint density at radius 2 is 2.28 bits per heavy atom. The normalized spacial score (nSPS) is 15.9. The SMILES string of the molecule is CN(c1ccc2nc(CN)c(Br)n2n1)C1CCC1. The number of anilines is 1. The number of hydrogen-bond acceptors (Lipinski definition) is 4. The van der Waals surface area contributed by atoms with Crippen LogP contribution < -0.4 is 10.6 Å². The van der Waals surface area contributed by atoms with E-state index in [-0.39, 0.29) is 0 Å². The monoisotopic (exact) mass is 309 g/mol. The van der Waals surface area contributed by atoms with Crippen LogP contribution >= 0.6 is 15.9 Å². The zero-order chi connectivity index (χ0) is 12.7. The summed E-state index contributed by atoms with van der Waals surface area (Å²) in [5.41, 5.74) is 7.31. The Bertz CT molecular complexity index is 575. The topological polar surface area (TPSA) is 59.5 Å². The van der Waals surface area contributed by atoms with Crippen molar-refractivity contribution in [2.75, 3.05) is 11.9 Å². The van der Waals surface area contributed by atoms with E-state index >= 15 is 0 Å². The molecule has 2 heterocycles. The van der Waals surface area contributed by atoms with Gasteiger partial charge < -0.3 is 10.6 Å². The summed E-state index contributed by atoms with van der Waals surface area (Å²) in [6, 6.07) is 4.64. The number of halogens is 1. The summed E-state index contributed by atoms with van der Waals surface area (Å²) < 4.78 is 2.66. The van der Waals surface area contributed by atoms with Gasteiger partial charge in [0, 0.05) is 19.6 Å². The third-order valence-corrected chi connectivity index (χ3v) is 4.45. The maximum absolute atomic E-state index is 5.65. The van der Waals surface area contributed by atoms with E-state index in [9.17, 15) is 0 Å². The van der Waals surface area contributed by atoms with Crippen molar-refractivity contribution in [3.8, 4) is 0 Å². The predicted octanol–water partition coefficient (Wildman–Crippen LogP) is 1.94. The first-order valence-electron chi connectivity index (χ1n) is 6.18. The lowest BCUT2D eigenvalue weighted by atomic mass is 9.92. The molecule has 3 rings (SSSR count). The number of rotatable bonds is 3. The van der Waals surface area contributed by atoms with Crippen LogP contribution in [0.2, 0.25) is 0 Å². The lowest BCUT2D eigenvalue weighted by Gasteiger charge is -2.35. The Balaban J connectivity index is 2.01. The van der Waals surface area contributed by atoms with Gasteiger partial charge in [-0.2, -0.15) is 0 Å². The number of fused-ring (bicyclic) bond motifs is 1. The first-order valence-corrected chi connectivity index (χ1v) is 6.97. The van der Waals surface area contributed by atoms with Crippen molar-refractivity contribution in [3.05, 3.63) is 22.4 Å². The molecule has 0 aromatic carbocycles. The van der Waals surface area contributed by atoms with Gasteiger partial charge >= 0.3 is 0 Å². The molecule has 0 amide bonds. The van der Waals surface area contributed by atoms with E-state index in [4.69, 9.17) is 5.73 Å². The zero-order valence-corrected chi connectivity index (χ0v) is 11.9. The highest BCUT2D eigenvalue weighted by molar-refractivity contribution is 9.10. The summed E-state index contributed by atoms with van der Waals surface area (Å²) >= 11 is 3.50. The molecule has 0 bridgehead atoms. The van der Waals surface area contributed by atoms with E-state index in [0.717, 1.165) is 21.8 Å². The van der Waals surface area contributed by atoms with Crippen LogP contribution in [0.25, 0.3) is 5.65 Å². The fraction of sp³-hybridized carbons (Fsp3) is 0.500. The van der Waals surface area contributed by atoms with Crippen LogP contribution in [0.15, 0.2) is 16.7 Å². The largest absolute Gasteiger partial charge is 0.355 e. The summed E-state index contributed by atoms with van der Waals surface area (Å²) in [6.07, 6.45) is 3.84. The van der Waals surface area contributed by atoms with Crippen LogP contribution in [0.5, 0.6) is 0 Å².